The highest BCUT2D eigenvalue weighted by molar-refractivity contribution is 5.95. The van der Waals surface area contributed by atoms with Crippen LogP contribution >= 0.6 is 0 Å². The largest absolute Gasteiger partial charge is 0.444 e. The maximum absolute atomic E-state index is 12.9. The molecule has 27 heavy (non-hydrogen) atoms. The predicted octanol–water partition coefficient (Wildman–Crippen LogP) is 2.87. The molecule has 1 saturated heterocycles. The van der Waals surface area contributed by atoms with Gasteiger partial charge in [-0.3, -0.25) is 14.5 Å². The first-order valence-corrected chi connectivity index (χ1v) is 9.27. The molecule has 7 heteroatoms. The average molecular weight is 375 g/mol. The summed E-state index contributed by atoms with van der Waals surface area (Å²) >= 11 is 0. The van der Waals surface area contributed by atoms with Crippen LogP contribution in [0.3, 0.4) is 0 Å². The molecule has 3 amide bonds. The van der Waals surface area contributed by atoms with Crippen molar-refractivity contribution in [1.82, 2.24) is 9.80 Å². The second kappa shape index (κ2) is 8.88. The summed E-state index contributed by atoms with van der Waals surface area (Å²) in [7, 11) is 1.58. The second-order valence-electron chi connectivity index (χ2n) is 7.79. The first-order valence-electron chi connectivity index (χ1n) is 9.27. The Balaban J connectivity index is 1.98. The zero-order chi connectivity index (χ0) is 20.0. The Morgan fingerprint density at radius 3 is 2.48 bits per heavy atom. The number of benzene rings is 1. The van der Waals surface area contributed by atoms with Crippen molar-refractivity contribution in [2.24, 2.45) is 0 Å². The molecule has 0 radical (unpaired) electrons. The number of likely N-dealkylation sites (N-methyl/N-ethyl adjacent to an activating group) is 1. The Labute approximate surface area is 160 Å². The number of ether oxygens (including phenoxy) is 1. The molecule has 1 unspecified atom stereocenters. The molecule has 0 bridgehead atoms. The van der Waals surface area contributed by atoms with Crippen LogP contribution in [-0.2, 0) is 14.3 Å². The number of nitrogens with one attached hydrogen (secondary N) is 1. The molecule has 7 nitrogen and oxygen atoms in total. The number of nitrogens with zero attached hydrogens (tertiary/aromatic N) is 2. The second-order valence-corrected chi connectivity index (χ2v) is 7.79. The van der Waals surface area contributed by atoms with E-state index in [1.54, 1.807) is 40.0 Å². The van der Waals surface area contributed by atoms with E-state index in [2.05, 4.69) is 5.32 Å². The minimum Gasteiger partial charge on any atom is -0.444 e. The van der Waals surface area contributed by atoms with Crippen molar-refractivity contribution in [3.63, 3.8) is 0 Å². The maximum Gasteiger partial charge on any atom is 0.410 e. The number of carbonyl (C=O) groups excluding carboxylic acids is 3. The van der Waals surface area contributed by atoms with Gasteiger partial charge in [-0.2, -0.15) is 0 Å². The third kappa shape index (κ3) is 6.27. The third-order valence-corrected chi connectivity index (χ3v) is 4.23. The van der Waals surface area contributed by atoms with E-state index in [1.807, 2.05) is 18.2 Å². The number of anilines is 1. The van der Waals surface area contributed by atoms with Gasteiger partial charge in [0.25, 0.3) is 0 Å². The standard InChI is InChI=1S/C20H29N3O4/c1-20(2,3)27-19(26)23-13-9-8-12-16(23)18(25)22(4)14-17(24)21-15-10-6-5-7-11-15/h5-7,10-11,16H,8-9,12-14H2,1-4H3,(H,21,24). The van der Waals surface area contributed by atoms with Crippen molar-refractivity contribution in [1.29, 1.82) is 0 Å². The number of likely N-dealkylation sites (tertiary alicyclic amines) is 1. The number of para-hydroxylation sites is 1. The summed E-state index contributed by atoms with van der Waals surface area (Å²) in [5, 5.41) is 2.76. The zero-order valence-corrected chi connectivity index (χ0v) is 16.5. The summed E-state index contributed by atoms with van der Waals surface area (Å²) in [6, 6.07) is 8.48. The molecule has 2 rings (SSSR count). The Morgan fingerprint density at radius 1 is 1.19 bits per heavy atom. The van der Waals surface area contributed by atoms with Crippen LogP contribution < -0.4 is 5.32 Å². The van der Waals surface area contributed by atoms with Crippen molar-refractivity contribution in [3.05, 3.63) is 30.3 Å². The van der Waals surface area contributed by atoms with Gasteiger partial charge in [-0.1, -0.05) is 18.2 Å². The highest BCUT2D eigenvalue weighted by Crippen LogP contribution is 2.22. The van der Waals surface area contributed by atoms with Crippen molar-refractivity contribution in [2.75, 3.05) is 25.5 Å². The van der Waals surface area contributed by atoms with E-state index >= 15 is 0 Å². The fourth-order valence-corrected chi connectivity index (χ4v) is 3.00. The molecule has 1 fully saturated rings. The van der Waals surface area contributed by atoms with Gasteiger partial charge in [0.2, 0.25) is 11.8 Å². The molecule has 1 aromatic carbocycles. The van der Waals surface area contributed by atoms with Crippen LogP contribution in [0.4, 0.5) is 10.5 Å². The summed E-state index contributed by atoms with van der Waals surface area (Å²) in [6.07, 6.45) is 1.78. The first-order chi connectivity index (χ1) is 12.7. The lowest BCUT2D eigenvalue weighted by atomic mass is 10.0. The van der Waals surface area contributed by atoms with Gasteiger partial charge in [-0.15, -0.1) is 0 Å². The highest BCUT2D eigenvalue weighted by Gasteiger charge is 2.36. The van der Waals surface area contributed by atoms with E-state index in [0.717, 1.165) is 12.8 Å². The van der Waals surface area contributed by atoms with Crippen LogP contribution in [-0.4, -0.2) is 59.5 Å². The van der Waals surface area contributed by atoms with Gasteiger partial charge >= 0.3 is 6.09 Å². The first kappa shape index (κ1) is 20.7. The molecule has 1 aliphatic rings. The van der Waals surface area contributed by atoms with E-state index < -0.39 is 17.7 Å². The van der Waals surface area contributed by atoms with Crippen molar-refractivity contribution >= 4 is 23.6 Å². The third-order valence-electron chi connectivity index (χ3n) is 4.23. The Hall–Kier alpha value is -2.57. The minimum absolute atomic E-state index is 0.0770. The number of hydrogen-bond acceptors (Lipinski definition) is 4. The SMILES string of the molecule is CN(CC(=O)Nc1ccccc1)C(=O)C1CCCCN1C(=O)OC(C)(C)C. The lowest BCUT2D eigenvalue weighted by molar-refractivity contribution is -0.139. The highest BCUT2D eigenvalue weighted by atomic mass is 16.6. The molecule has 148 valence electrons. The van der Waals surface area contributed by atoms with Crippen LogP contribution in [0.15, 0.2) is 30.3 Å². The zero-order valence-electron chi connectivity index (χ0n) is 16.5. The maximum atomic E-state index is 12.9. The monoisotopic (exact) mass is 375 g/mol. The molecule has 0 aromatic heterocycles. The van der Waals surface area contributed by atoms with Crippen LogP contribution in [0.2, 0.25) is 0 Å². The number of piperidine rings is 1. The molecule has 0 saturated carbocycles. The summed E-state index contributed by atoms with van der Waals surface area (Å²) in [6.45, 7) is 5.80. The molecule has 1 aliphatic heterocycles. The molecule has 0 aliphatic carbocycles. The fourth-order valence-electron chi connectivity index (χ4n) is 3.00. The molecule has 0 spiro atoms. The minimum atomic E-state index is -0.621. The van der Waals surface area contributed by atoms with Gasteiger partial charge < -0.3 is 15.0 Å². The van der Waals surface area contributed by atoms with E-state index in [9.17, 15) is 14.4 Å². The van der Waals surface area contributed by atoms with Crippen LogP contribution in [0.25, 0.3) is 0 Å². The Morgan fingerprint density at radius 2 is 1.85 bits per heavy atom. The van der Waals surface area contributed by atoms with E-state index in [1.165, 1.54) is 9.80 Å². The lowest BCUT2D eigenvalue weighted by Gasteiger charge is -2.37. The molecule has 1 aromatic rings. The molecule has 1 N–H and O–H groups in total. The normalized spacial score (nSPS) is 17.2. The summed E-state index contributed by atoms with van der Waals surface area (Å²) < 4.78 is 5.43. The van der Waals surface area contributed by atoms with Gasteiger partial charge in [-0.25, -0.2) is 4.79 Å². The van der Waals surface area contributed by atoms with E-state index in [0.29, 0.717) is 18.7 Å². The van der Waals surface area contributed by atoms with Gasteiger partial charge in [0.05, 0.1) is 6.54 Å². The van der Waals surface area contributed by atoms with Gasteiger partial charge in [-0.05, 0) is 52.2 Å². The van der Waals surface area contributed by atoms with Crippen LogP contribution in [0, 0.1) is 0 Å². The Kier molecular flexibility index (Phi) is 6.82. The van der Waals surface area contributed by atoms with Gasteiger partial charge in [0.1, 0.15) is 11.6 Å². The lowest BCUT2D eigenvalue weighted by Crippen LogP contribution is -2.54. The van der Waals surface area contributed by atoms with Crippen molar-refractivity contribution < 1.29 is 19.1 Å². The smallest absolute Gasteiger partial charge is 0.410 e. The van der Waals surface area contributed by atoms with Crippen molar-refractivity contribution in [2.45, 2.75) is 51.7 Å². The Bertz CT molecular complexity index is 670. The summed E-state index contributed by atoms with van der Waals surface area (Å²) in [5.41, 5.74) is 0.0558. The topological polar surface area (TPSA) is 79.0 Å². The number of carbonyl (C=O) groups is 3. The van der Waals surface area contributed by atoms with E-state index in [4.69, 9.17) is 4.74 Å². The van der Waals surface area contributed by atoms with Gasteiger partial charge in [0.15, 0.2) is 0 Å². The number of rotatable bonds is 4. The van der Waals surface area contributed by atoms with Crippen LogP contribution in [0.1, 0.15) is 40.0 Å². The number of hydrogen-bond donors (Lipinski definition) is 1. The van der Waals surface area contributed by atoms with Crippen molar-refractivity contribution in [3.8, 4) is 0 Å². The predicted molar refractivity (Wildman–Crippen MR) is 103 cm³/mol. The number of amides is 3. The summed E-state index contributed by atoms with van der Waals surface area (Å²) in [5.74, 6) is -0.527. The quantitative estimate of drug-likeness (QED) is 0.878. The molecular weight excluding hydrogens is 346 g/mol. The molecule has 1 atom stereocenters. The van der Waals surface area contributed by atoms with Crippen LogP contribution in [0.5, 0.6) is 0 Å². The fraction of sp³-hybridized carbons (Fsp3) is 0.550. The summed E-state index contributed by atoms with van der Waals surface area (Å²) in [4.78, 5) is 40.4. The molecular formula is C20H29N3O4. The average Bonchev–Trinajstić information content (AvgIpc) is 2.60. The van der Waals surface area contributed by atoms with Gasteiger partial charge in [0, 0.05) is 19.3 Å². The van der Waals surface area contributed by atoms with E-state index in [-0.39, 0.29) is 18.4 Å². The molecule has 1 heterocycles.